The lowest BCUT2D eigenvalue weighted by Gasteiger charge is -2.12. The molecule has 0 heterocycles. The van der Waals surface area contributed by atoms with Crippen LogP contribution in [0.3, 0.4) is 0 Å². The summed E-state index contributed by atoms with van der Waals surface area (Å²) in [6.45, 7) is 4.36. The summed E-state index contributed by atoms with van der Waals surface area (Å²) in [5.74, 6) is 0.302. The number of benzene rings is 2. The fraction of sp³-hybridized carbons (Fsp3) is 0.182. The van der Waals surface area contributed by atoms with E-state index in [2.05, 4.69) is 10.6 Å². The molecule has 0 unspecified atom stereocenters. The number of nitrogens with one attached hydrogen (secondary N) is 2. The van der Waals surface area contributed by atoms with Gasteiger partial charge in [0.2, 0.25) is 5.91 Å². The molecular formula is C22H24N2O3. The van der Waals surface area contributed by atoms with E-state index in [0.29, 0.717) is 18.7 Å². The van der Waals surface area contributed by atoms with E-state index < -0.39 is 0 Å². The molecule has 27 heavy (non-hydrogen) atoms. The van der Waals surface area contributed by atoms with Crippen molar-refractivity contribution >= 4 is 17.9 Å². The van der Waals surface area contributed by atoms with E-state index in [-0.39, 0.29) is 12.5 Å². The maximum absolute atomic E-state index is 12.2. The van der Waals surface area contributed by atoms with Crippen LogP contribution in [0.1, 0.15) is 16.7 Å². The quantitative estimate of drug-likeness (QED) is 0.308. The largest absolute Gasteiger partial charge is 0.487 e. The molecule has 5 heteroatoms. The molecule has 0 spiro atoms. The fourth-order valence-corrected chi connectivity index (χ4v) is 2.45. The van der Waals surface area contributed by atoms with Crippen LogP contribution in [0.2, 0.25) is 0 Å². The molecule has 0 aromatic heterocycles. The molecule has 1 amide bonds. The van der Waals surface area contributed by atoms with Crippen molar-refractivity contribution in [2.75, 3.05) is 11.9 Å². The second-order valence-corrected chi connectivity index (χ2v) is 6.01. The van der Waals surface area contributed by atoms with Gasteiger partial charge in [0, 0.05) is 11.9 Å². The van der Waals surface area contributed by atoms with Gasteiger partial charge in [-0.2, -0.15) is 0 Å². The molecule has 5 nitrogen and oxygen atoms in total. The van der Waals surface area contributed by atoms with Crippen LogP contribution in [0.25, 0.3) is 0 Å². The molecule has 0 saturated heterocycles. The second kappa shape index (κ2) is 10.6. The van der Waals surface area contributed by atoms with Crippen LogP contribution < -0.4 is 10.6 Å². The van der Waals surface area contributed by atoms with Crippen molar-refractivity contribution in [3.05, 3.63) is 89.3 Å². The van der Waals surface area contributed by atoms with E-state index in [9.17, 15) is 9.59 Å². The Kier molecular flexibility index (Phi) is 7.85. The SMILES string of the molecule is Cc1cccc(C)c1NC(=O)CN/C=C(\C=C/C=O)OCc1ccccc1. The molecule has 0 aliphatic rings. The lowest BCUT2D eigenvalue weighted by atomic mass is 10.1. The smallest absolute Gasteiger partial charge is 0.243 e. The number of aryl methyl sites for hydroxylation is 2. The number of carbonyl (C=O) groups is 2. The lowest BCUT2D eigenvalue weighted by molar-refractivity contribution is -0.115. The van der Waals surface area contributed by atoms with Gasteiger partial charge in [0.05, 0.1) is 6.54 Å². The van der Waals surface area contributed by atoms with E-state index in [1.807, 2.05) is 62.4 Å². The van der Waals surface area contributed by atoms with Crippen molar-refractivity contribution < 1.29 is 14.3 Å². The van der Waals surface area contributed by atoms with Crippen LogP contribution in [0, 0.1) is 13.8 Å². The Morgan fingerprint density at radius 3 is 2.41 bits per heavy atom. The normalized spacial score (nSPS) is 11.3. The van der Waals surface area contributed by atoms with E-state index in [4.69, 9.17) is 4.74 Å². The van der Waals surface area contributed by atoms with Crippen molar-refractivity contribution in [1.29, 1.82) is 0 Å². The first-order valence-electron chi connectivity index (χ1n) is 8.68. The zero-order chi connectivity index (χ0) is 19.5. The van der Waals surface area contributed by atoms with Crippen molar-refractivity contribution in [2.45, 2.75) is 20.5 Å². The van der Waals surface area contributed by atoms with Gasteiger partial charge in [-0.05, 0) is 42.7 Å². The van der Waals surface area contributed by atoms with Crippen molar-refractivity contribution in [1.82, 2.24) is 5.32 Å². The van der Waals surface area contributed by atoms with Crippen LogP contribution in [-0.2, 0) is 20.9 Å². The predicted molar refractivity (Wildman–Crippen MR) is 107 cm³/mol. The molecule has 140 valence electrons. The number of carbonyl (C=O) groups excluding carboxylic acids is 2. The standard InChI is InChI=1S/C22H24N2O3/c1-17-8-6-9-18(2)22(17)24-21(26)15-23-14-20(12-7-13-25)27-16-19-10-4-3-5-11-19/h3-14,23H,15-16H2,1-2H3,(H,24,26)/b12-7-,20-14+. The summed E-state index contributed by atoms with van der Waals surface area (Å²) in [4.78, 5) is 22.8. The average molecular weight is 364 g/mol. The van der Waals surface area contributed by atoms with Crippen molar-refractivity contribution in [3.63, 3.8) is 0 Å². The molecule has 2 aromatic rings. The Bertz CT molecular complexity index is 806. The highest BCUT2D eigenvalue weighted by Crippen LogP contribution is 2.19. The van der Waals surface area contributed by atoms with Gasteiger partial charge in [-0.3, -0.25) is 9.59 Å². The van der Waals surface area contributed by atoms with Gasteiger partial charge >= 0.3 is 0 Å². The first-order valence-corrected chi connectivity index (χ1v) is 8.68. The summed E-state index contributed by atoms with van der Waals surface area (Å²) in [5.41, 5.74) is 3.87. The third-order valence-electron chi connectivity index (χ3n) is 3.84. The number of amides is 1. The zero-order valence-corrected chi connectivity index (χ0v) is 15.6. The van der Waals surface area contributed by atoms with Crippen molar-refractivity contribution in [2.24, 2.45) is 0 Å². The maximum Gasteiger partial charge on any atom is 0.243 e. The number of hydrogen-bond acceptors (Lipinski definition) is 4. The Labute approximate surface area is 159 Å². The molecule has 0 saturated carbocycles. The highest BCUT2D eigenvalue weighted by Gasteiger charge is 2.06. The van der Waals surface area contributed by atoms with E-state index in [0.717, 1.165) is 22.4 Å². The number of para-hydroxylation sites is 1. The zero-order valence-electron chi connectivity index (χ0n) is 15.6. The Hall–Kier alpha value is -3.34. The molecule has 0 radical (unpaired) electrons. The van der Waals surface area contributed by atoms with Gasteiger partial charge in [-0.1, -0.05) is 48.5 Å². The summed E-state index contributed by atoms with van der Waals surface area (Å²) in [7, 11) is 0. The van der Waals surface area contributed by atoms with Crippen LogP contribution >= 0.6 is 0 Å². The minimum atomic E-state index is -0.162. The summed E-state index contributed by atoms with van der Waals surface area (Å²) in [6.07, 6.45) is 5.14. The number of rotatable bonds is 9. The highest BCUT2D eigenvalue weighted by atomic mass is 16.5. The van der Waals surface area contributed by atoms with Crippen LogP contribution in [0.15, 0.2) is 72.6 Å². The summed E-state index contributed by atoms with van der Waals surface area (Å²) < 4.78 is 5.69. The van der Waals surface area contributed by atoms with Gasteiger partial charge in [0.25, 0.3) is 0 Å². The number of ether oxygens (including phenoxy) is 1. The predicted octanol–water partition coefficient (Wildman–Crippen LogP) is 3.64. The Balaban J connectivity index is 1.91. The number of hydrogen-bond donors (Lipinski definition) is 2. The minimum Gasteiger partial charge on any atom is -0.487 e. The van der Waals surface area contributed by atoms with Gasteiger partial charge in [0.1, 0.15) is 18.7 Å². The third-order valence-corrected chi connectivity index (χ3v) is 3.84. The average Bonchev–Trinajstić information content (AvgIpc) is 2.67. The first kappa shape index (κ1) is 20.0. The van der Waals surface area contributed by atoms with Crippen molar-refractivity contribution in [3.8, 4) is 0 Å². The van der Waals surface area contributed by atoms with Crippen LogP contribution in [0.4, 0.5) is 5.69 Å². The maximum atomic E-state index is 12.2. The first-order chi connectivity index (χ1) is 13.1. The molecule has 0 aliphatic carbocycles. The molecular weight excluding hydrogens is 340 g/mol. The Morgan fingerprint density at radius 2 is 1.74 bits per heavy atom. The topological polar surface area (TPSA) is 67.4 Å². The van der Waals surface area contributed by atoms with Crippen LogP contribution in [0.5, 0.6) is 0 Å². The number of aldehydes is 1. The Morgan fingerprint density at radius 1 is 1.04 bits per heavy atom. The molecule has 0 aliphatic heterocycles. The monoisotopic (exact) mass is 364 g/mol. The van der Waals surface area contributed by atoms with Gasteiger partial charge in [0.15, 0.2) is 0 Å². The van der Waals surface area contributed by atoms with Gasteiger partial charge in [-0.25, -0.2) is 0 Å². The van der Waals surface area contributed by atoms with Gasteiger partial charge < -0.3 is 15.4 Å². The highest BCUT2D eigenvalue weighted by molar-refractivity contribution is 5.93. The van der Waals surface area contributed by atoms with E-state index in [1.165, 1.54) is 6.08 Å². The summed E-state index contributed by atoms with van der Waals surface area (Å²) >= 11 is 0. The van der Waals surface area contributed by atoms with E-state index >= 15 is 0 Å². The summed E-state index contributed by atoms with van der Waals surface area (Å²) in [6, 6.07) is 15.6. The lowest BCUT2D eigenvalue weighted by Crippen LogP contribution is -2.25. The van der Waals surface area contributed by atoms with Gasteiger partial charge in [-0.15, -0.1) is 0 Å². The summed E-state index contributed by atoms with van der Waals surface area (Å²) in [5, 5.41) is 5.83. The molecule has 0 fully saturated rings. The second-order valence-electron chi connectivity index (χ2n) is 6.01. The molecule has 2 rings (SSSR count). The number of allylic oxidation sites excluding steroid dienone is 2. The number of anilines is 1. The molecule has 0 atom stereocenters. The van der Waals surface area contributed by atoms with E-state index in [1.54, 1.807) is 12.3 Å². The third kappa shape index (κ3) is 6.82. The van der Waals surface area contributed by atoms with Crippen LogP contribution in [-0.4, -0.2) is 18.7 Å². The minimum absolute atomic E-state index is 0.0842. The molecule has 2 aromatic carbocycles. The molecule has 0 bridgehead atoms. The molecule has 2 N–H and O–H groups in total. The fourth-order valence-electron chi connectivity index (χ4n) is 2.45.